The quantitative estimate of drug-likeness (QED) is 0.183. The summed E-state index contributed by atoms with van der Waals surface area (Å²) in [5.74, 6) is -2.50. The number of carbonyl (C=O) groups excluding carboxylic acids is 4. The van der Waals surface area contributed by atoms with Crippen LogP contribution in [-0.4, -0.2) is 46.9 Å². The lowest BCUT2D eigenvalue weighted by Crippen LogP contribution is -2.52. The van der Waals surface area contributed by atoms with E-state index in [2.05, 4.69) is 22.6 Å². The number of alkyl halides is 1. The van der Waals surface area contributed by atoms with E-state index in [1.54, 1.807) is 13.0 Å². The Morgan fingerprint density at radius 2 is 2.07 bits per heavy atom. The maximum atomic E-state index is 13.3. The van der Waals surface area contributed by atoms with Crippen molar-refractivity contribution in [1.82, 2.24) is 0 Å². The van der Waals surface area contributed by atoms with Crippen LogP contribution in [0.5, 0.6) is 0 Å². The molecule has 1 spiro atoms. The molecule has 162 valence electrons. The van der Waals surface area contributed by atoms with Crippen LogP contribution in [0.2, 0.25) is 0 Å². The molecule has 0 radical (unpaired) electrons. The van der Waals surface area contributed by atoms with Gasteiger partial charge in [0, 0.05) is 35.0 Å². The van der Waals surface area contributed by atoms with Crippen LogP contribution in [0, 0.1) is 34.0 Å². The molecule has 0 aromatic carbocycles. The van der Waals surface area contributed by atoms with Gasteiger partial charge in [0.2, 0.25) is 0 Å². The Labute approximate surface area is 188 Å². The Hall–Kier alpha value is -1.45. The topological polar surface area (TPSA) is 96.0 Å². The number of rotatable bonds is 3. The molecule has 0 amide bonds. The van der Waals surface area contributed by atoms with Gasteiger partial charge in [-0.25, -0.2) is 0 Å². The molecule has 5 rings (SSSR count). The van der Waals surface area contributed by atoms with Crippen molar-refractivity contribution in [3.8, 4) is 0 Å². The number of esters is 3. The molecule has 1 unspecified atom stereocenters. The fourth-order valence-corrected chi connectivity index (χ4v) is 8.82. The van der Waals surface area contributed by atoms with Gasteiger partial charge < -0.3 is 14.2 Å². The molecule has 3 saturated carbocycles. The Kier molecular flexibility index (Phi) is 4.14. The molecule has 0 aromatic rings. The number of carbonyl (C=O) groups is 4. The molecule has 0 N–H and O–H groups in total. The Morgan fingerprint density at radius 3 is 2.70 bits per heavy atom. The van der Waals surface area contributed by atoms with Gasteiger partial charge in [0.25, 0.3) is 0 Å². The van der Waals surface area contributed by atoms with Crippen LogP contribution in [0.1, 0.15) is 39.5 Å². The van der Waals surface area contributed by atoms with E-state index in [-0.39, 0.29) is 11.7 Å². The van der Waals surface area contributed by atoms with Crippen LogP contribution < -0.4 is 0 Å². The third-order valence-corrected chi connectivity index (χ3v) is 10.3. The van der Waals surface area contributed by atoms with Crippen LogP contribution in [0.3, 0.4) is 0 Å². The van der Waals surface area contributed by atoms with E-state index in [0.29, 0.717) is 23.7 Å². The number of Topliss-reactive ketones (excluding diaryl/α,β-unsaturated/α-hetero) is 1. The first kappa shape index (κ1) is 20.5. The highest BCUT2D eigenvalue weighted by molar-refractivity contribution is 14.1. The number of ether oxygens (including phenoxy) is 3. The first-order valence-corrected chi connectivity index (χ1v) is 11.9. The number of hydrogen-bond acceptors (Lipinski definition) is 7. The van der Waals surface area contributed by atoms with Crippen molar-refractivity contribution < 1.29 is 33.4 Å². The Bertz CT molecular complexity index is 913. The molecular weight excluding hydrogens is 503 g/mol. The first-order valence-electron chi connectivity index (χ1n) is 10.4. The number of fused-ring (bicyclic) bond motifs is 1. The maximum absolute atomic E-state index is 13.3. The van der Waals surface area contributed by atoms with Crippen molar-refractivity contribution in [3.05, 3.63) is 12.2 Å². The van der Waals surface area contributed by atoms with Gasteiger partial charge in [-0.1, -0.05) is 22.6 Å². The molecule has 0 aromatic heterocycles. The minimum absolute atomic E-state index is 0.137. The summed E-state index contributed by atoms with van der Waals surface area (Å²) in [5.41, 5.74) is -3.19. The fourth-order valence-electron chi connectivity index (χ4n) is 7.74. The van der Waals surface area contributed by atoms with Gasteiger partial charge in [-0.2, -0.15) is 0 Å². The molecule has 8 heteroatoms. The predicted molar refractivity (Wildman–Crippen MR) is 111 cm³/mol. The van der Waals surface area contributed by atoms with Crippen LogP contribution in [0.4, 0.5) is 0 Å². The van der Waals surface area contributed by atoms with Gasteiger partial charge in [-0.15, -0.1) is 0 Å². The van der Waals surface area contributed by atoms with Crippen molar-refractivity contribution in [2.24, 2.45) is 34.0 Å². The first-order chi connectivity index (χ1) is 14.1. The molecule has 4 bridgehead atoms. The fraction of sp³-hybridized carbons (Fsp3) is 0.727. The minimum Gasteiger partial charge on any atom is -0.469 e. The Morgan fingerprint density at radius 1 is 1.33 bits per heavy atom. The molecule has 4 aliphatic carbocycles. The second-order valence-electron chi connectivity index (χ2n) is 9.91. The van der Waals surface area contributed by atoms with Crippen molar-refractivity contribution >= 4 is 46.3 Å². The highest BCUT2D eigenvalue weighted by Gasteiger charge is 2.84. The molecule has 1 heterocycles. The van der Waals surface area contributed by atoms with E-state index in [4.69, 9.17) is 14.2 Å². The number of methoxy groups -OCH3 is 1. The van der Waals surface area contributed by atoms with Crippen LogP contribution in [-0.2, 0) is 33.4 Å². The normalized spacial score (nSPS) is 50.0. The van der Waals surface area contributed by atoms with Crippen molar-refractivity contribution in [1.29, 1.82) is 0 Å². The highest BCUT2D eigenvalue weighted by atomic mass is 127. The molecule has 1 aliphatic heterocycles. The SMILES string of the molecule is COC(=O)[C@H]1C2[C@@]3(C=C[C@H](OC(C)=O)[C@]2(C)C(=O)O3)[C@@H]2CC[C@@]3(CI)C[C@]21CC3=O. The molecule has 30 heavy (non-hydrogen) atoms. The zero-order valence-corrected chi connectivity index (χ0v) is 19.4. The van der Waals surface area contributed by atoms with Gasteiger partial charge >= 0.3 is 17.9 Å². The Balaban J connectivity index is 1.72. The summed E-state index contributed by atoms with van der Waals surface area (Å²) in [5, 5.41) is 0. The predicted octanol–water partition coefficient (Wildman–Crippen LogP) is 2.39. The van der Waals surface area contributed by atoms with E-state index >= 15 is 0 Å². The maximum Gasteiger partial charge on any atom is 0.317 e. The summed E-state index contributed by atoms with van der Waals surface area (Å²) < 4.78 is 17.6. The second-order valence-corrected chi connectivity index (χ2v) is 10.7. The number of halogens is 1. The molecule has 7 nitrogen and oxygen atoms in total. The van der Waals surface area contributed by atoms with Gasteiger partial charge in [-0.05, 0) is 43.8 Å². The standard InChI is InChI=1S/C22H25IO7/c1-11(24)29-14-5-7-22-12-4-6-20(10-23)9-21(12,8-13(20)25)15(17(26)28-3)16(22)19(14,2)18(27)30-22/h5,7,12,14-16H,4,6,8-10H2,1-3H3/t12-,14+,15-,16?,19+,20+,21-,22-/m1/s1. The van der Waals surface area contributed by atoms with Crippen molar-refractivity contribution in [2.45, 2.75) is 51.2 Å². The lowest BCUT2D eigenvalue weighted by molar-refractivity contribution is -0.167. The molecule has 4 fully saturated rings. The molecular formula is C22H25IO7. The number of hydrogen-bond donors (Lipinski definition) is 0. The van der Waals surface area contributed by atoms with Crippen LogP contribution in [0.25, 0.3) is 0 Å². The van der Waals surface area contributed by atoms with Crippen LogP contribution >= 0.6 is 22.6 Å². The van der Waals surface area contributed by atoms with E-state index in [0.717, 1.165) is 6.42 Å². The monoisotopic (exact) mass is 528 g/mol. The largest absolute Gasteiger partial charge is 0.469 e. The third-order valence-electron chi connectivity index (χ3n) is 8.82. The zero-order chi connectivity index (χ0) is 21.7. The summed E-state index contributed by atoms with van der Waals surface area (Å²) >= 11 is 2.28. The second kappa shape index (κ2) is 6.07. The third kappa shape index (κ3) is 2.07. The zero-order valence-electron chi connectivity index (χ0n) is 17.2. The van der Waals surface area contributed by atoms with E-state index < -0.39 is 57.7 Å². The summed E-state index contributed by atoms with van der Waals surface area (Å²) in [4.78, 5) is 51.5. The average Bonchev–Trinajstić information content (AvgIpc) is 3.14. The lowest BCUT2D eigenvalue weighted by atomic mass is 9.60. The van der Waals surface area contributed by atoms with Crippen molar-refractivity contribution in [3.63, 3.8) is 0 Å². The average molecular weight is 528 g/mol. The molecule has 5 aliphatic rings. The van der Waals surface area contributed by atoms with Gasteiger partial charge in [-0.3, -0.25) is 19.2 Å². The summed E-state index contributed by atoms with van der Waals surface area (Å²) in [6, 6.07) is 0. The van der Waals surface area contributed by atoms with E-state index in [9.17, 15) is 19.2 Å². The molecule has 8 atom stereocenters. The van der Waals surface area contributed by atoms with Gasteiger partial charge in [0.1, 0.15) is 22.9 Å². The lowest BCUT2D eigenvalue weighted by Gasteiger charge is -2.45. The van der Waals surface area contributed by atoms with E-state index in [1.165, 1.54) is 14.0 Å². The van der Waals surface area contributed by atoms with E-state index in [1.807, 2.05) is 6.08 Å². The van der Waals surface area contributed by atoms with Gasteiger partial charge in [0.05, 0.1) is 13.0 Å². The number of ketones is 1. The van der Waals surface area contributed by atoms with Gasteiger partial charge in [0.15, 0.2) is 0 Å². The van der Waals surface area contributed by atoms with Crippen molar-refractivity contribution in [2.75, 3.05) is 11.5 Å². The molecule has 1 saturated heterocycles. The highest BCUT2D eigenvalue weighted by Crippen LogP contribution is 2.77. The minimum atomic E-state index is -1.20. The summed E-state index contributed by atoms with van der Waals surface area (Å²) in [7, 11) is 1.35. The summed E-state index contributed by atoms with van der Waals surface area (Å²) in [6.45, 7) is 3.03. The van der Waals surface area contributed by atoms with Crippen LogP contribution in [0.15, 0.2) is 12.2 Å². The summed E-state index contributed by atoms with van der Waals surface area (Å²) in [6.07, 6.45) is 5.13. The smallest absolute Gasteiger partial charge is 0.317 e.